The smallest absolute Gasteiger partial charge is 0.305 e. The largest absolute Gasteiger partial charge is 0.469 e. The van der Waals surface area contributed by atoms with E-state index in [1.54, 1.807) is 0 Å². The Morgan fingerprint density at radius 1 is 0.938 bits per heavy atom. The highest BCUT2D eigenvalue weighted by Gasteiger charge is 2.11. The number of esters is 1. The van der Waals surface area contributed by atoms with Crippen LogP contribution >= 0.6 is 0 Å². The summed E-state index contributed by atoms with van der Waals surface area (Å²) in [5, 5.41) is 0. The van der Waals surface area contributed by atoms with E-state index in [2.05, 4.69) is 11.7 Å². The molecule has 0 amide bonds. The third kappa shape index (κ3) is 8.15. The average Bonchev–Trinajstić information content (AvgIpc) is 2.26. The third-order valence-electron chi connectivity index (χ3n) is 2.29. The second-order valence-corrected chi connectivity index (χ2v) is 3.79. The molecule has 4 heteroatoms. The van der Waals surface area contributed by atoms with E-state index in [0.717, 1.165) is 19.3 Å². The van der Waals surface area contributed by atoms with Gasteiger partial charge in [0.15, 0.2) is 0 Å². The molecule has 0 rings (SSSR count). The Morgan fingerprint density at radius 3 is 2.12 bits per heavy atom. The van der Waals surface area contributed by atoms with Crippen LogP contribution in [-0.2, 0) is 19.1 Å². The summed E-state index contributed by atoms with van der Waals surface area (Å²) >= 11 is 0. The molecule has 0 saturated heterocycles. The van der Waals surface area contributed by atoms with Crippen molar-refractivity contribution in [2.75, 3.05) is 7.11 Å². The van der Waals surface area contributed by atoms with E-state index in [-0.39, 0.29) is 30.8 Å². The molecule has 0 bridgehead atoms. The van der Waals surface area contributed by atoms with Crippen LogP contribution in [-0.4, -0.2) is 24.6 Å². The molecule has 0 aromatic carbocycles. The van der Waals surface area contributed by atoms with Crippen molar-refractivity contribution in [1.29, 1.82) is 0 Å². The maximum Gasteiger partial charge on any atom is 0.305 e. The van der Waals surface area contributed by atoms with Gasteiger partial charge in [-0.1, -0.05) is 19.8 Å². The van der Waals surface area contributed by atoms with Crippen LogP contribution in [0.25, 0.3) is 0 Å². The van der Waals surface area contributed by atoms with E-state index in [4.69, 9.17) is 0 Å². The van der Waals surface area contributed by atoms with Gasteiger partial charge in [-0.3, -0.25) is 14.4 Å². The minimum Gasteiger partial charge on any atom is -0.469 e. The van der Waals surface area contributed by atoms with Crippen LogP contribution in [0, 0.1) is 0 Å². The van der Waals surface area contributed by atoms with E-state index >= 15 is 0 Å². The Labute approximate surface area is 96.4 Å². The van der Waals surface area contributed by atoms with Crippen molar-refractivity contribution in [2.24, 2.45) is 0 Å². The summed E-state index contributed by atoms with van der Waals surface area (Å²) in [5.41, 5.74) is 0. The lowest BCUT2D eigenvalue weighted by Crippen LogP contribution is -2.10. The molecule has 92 valence electrons. The van der Waals surface area contributed by atoms with Gasteiger partial charge in [-0.2, -0.15) is 0 Å². The second-order valence-electron chi connectivity index (χ2n) is 3.79. The summed E-state index contributed by atoms with van der Waals surface area (Å²) < 4.78 is 4.41. The van der Waals surface area contributed by atoms with Gasteiger partial charge in [0.05, 0.1) is 20.0 Å². The fraction of sp³-hybridized carbons (Fsp3) is 0.750. The number of hydrogen-bond donors (Lipinski definition) is 0. The summed E-state index contributed by atoms with van der Waals surface area (Å²) in [6.07, 6.45) is 3.52. The van der Waals surface area contributed by atoms with Crippen molar-refractivity contribution < 1.29 is 19.1 Å². The number of ether oxygens (including phenoxy) is 1. The van der Waals surface area contributed by atoms with E-state index in [1.807, 2.05) is 0 Å². The third-order valence-corrected chi connectivity index (χ3v) is 2.29. The number of rotatable bonds is 9. The van der Waals surface area contributed by atoms with Crippen LogP contribution in [0.15, 0.2) is 0 Å². The zero-order chi connectivity index (χ0) is 12.4. The molecule has 0 N–H and O–H groups in total. The van der Waals surface area contributed by atoms with Crippen LogP contribution in [0.1, 0.15) is 51.9 Å². The fourth-order valence-corrected chi connectivity index (χ4v) is 1.31. The quantitative estimate of drug-likeness (QED) is 0.344. The van der Waals surface area contributed by atoms with Crippen molar-refractivity contribution in [3.63, 3.8) is 0 Å². The van der Waals surface area contributed by atoms with Gasteiger partial charge in [0.25, 0.3) is 0 Å². The zero-order valence-electron chi connectivity index (χ0n) is 10.1. The summed E-state index contributed by atoms with van der Waals surface area (Å²) in [6, 6.07) is 0. The predicted molar refractivity (Wildman–Crippen MR) is 60.0 cm³/mol. The number of carbonyl (C=O) groups is 3. The standard InChI is InChI=1S/C12H20O4/c1-3-4-5-6-10(13)9-11(14)7-8-12(15)16-2/h3-9H2,1-2H3. The Kier molecular flexibility index (Phi) is 8.39. The second kappa shape index (κ2) is 9.07. The van der Waals surface area contributed by atoms with Gasteiger partial charge in [-0.15, -0.1) is 0 Å². The molecule has 0 aromatic heterocycles. The van der Waals surface area contributed by atoms with E-state index in [1.165, 1.54) is 7.11 Å². The molecule has 0 aliphatic rings. The molecule has 0 aromatic rings. The molecule has 0 radical (unpaired) electrons. The molecule has 0 atom stereocenters. The molecule has 16 heavy (non-hydrogen) atoms. The van der Waals surface area contributed by atoms with Gasteiger partial charge in [-0.05, 0) is 6.42 Å². The Morgan fingerprint density at radius 2 is 1.56 bits per heavy atom. The van der Waals surface area contributed by atoms with Gasteiger partial charge in [0.2, 0.25) is 0 Å². The van der Waals surface area contributed by atoms with E-state index < -0.39 is 5.97 Å². The number of carbonyl (C=O) groups excluding carboxylic acids is 3. The number of Topliss-reactive ketones (excluding diaryl/α,β-unsaturated/α-hetero) is 2. The van der Waals surface area contributed by atoms with Gasteiger partial charge in [0, 0.05) is 12.8 Å². The molecule has 0 saturated carbocycles. The number of ketones is 2. The summed E-state index contributed by atoms with van der Waals surface area (Å²) in [5.74, 6) is -0.609. The fourth-order valence-electron chi connectivity index (χ4n) is 1.31. The van der Waals surface area contributed by atoms with Crippen LogP contribution < -0.4 is 0 Å². The Hall–Kier alpha value is -1.19. The average molecular weight is 228 g/mol. The Bertz CT molecular complexity index is 245. The van der Waals surface area contributed by atoms with Crippen LogP contribution in [0.2, 0.25) is 0 Å². The molecule has 0 spiro atoms. The lowest BCUT2D eigenvalue weighted by atomic mass is 10.1. The molecule has 0 aliphatic carbocycles. The van der Waals surface area contributed by atoms with Crippen molar-refractivity contribution in [3.8, 4) is 0 Å². The lowest BCUT2D eigenvalue weighted by molar-refractivity contribution is -0.142. The SMILES string of the molecule is CCCCCC(=O)CC(=O)CCC(=O)OC. The molecule has 0 fully saturated rings. The van der Waals surface area contributed by atoms with Crippen LogP contribution in [0.4, 0.5) is 0 Å². The highest BCUT2D eigenvalue weighted by molar-refractivity contribution is 5.99. The van der Waals surface area contributed by atoms with E-state index in [9.17, 15) is 14.4 Å². The van der Waals surface area contributed by atoms with Crippen LogP contribution in [0.3, 0.4) is 0 Å². The highest BCUT2D eigenvalue weighted by atomic mass is 16.5. The Balaban J connectivity index is 3.62. The zero-order valence-corrected chi connectivity index (χ0v) is 10.1. The summed E-state index contributed by atoms with van der Waals surface area (Å²) in [6.45, 7) is 2.06. The molecular weight excluding hydrogens is 208 g/mol. The highest BCUT2D eigenvalue weighted by Crippen LogP contribution is 2.04. The minimum atomic E-state index is -0.410. The first kappa shape index (κ1) is 14.8. The molecule has 0 heterocycles. The lowest BCUT2D eigenvalue weighted by Gasteiger charge is -2.00. The van der Waals surface area contributed by atoms with E-state index in [0.29, 0.717) is 6.42 Å². The van der Waals surface area contributed by atoms with Crippen molar-refractivity contribution >= 4 is 17.5 Å². The van der Waals surface area contributed by atoms with Crippen molar-refractivity contribution in [3.05, 3.63) is 0 Å². The normalized spacial score (nSPS) is 9.88. The molecular formula is C12H20O4. The van der Waals surface area contributed by atoms with Gasteiger partial charge in [0.1, 0.15) is 11.6 Å². The monoisotopic (exact) mass is 228 g/mol. The van der Waals surface area contributed by atoms with Gasteiger partial charge < -0.3 is 4.74 Å². The van der Waals surface area contributed by atoms with Crippen molar-refractivity contribution in [1.82, 2.24) is 0 Å². The summed E-state index contributed by atoms with van der Waals surface area (Å²) in [7, 11) is 1.28. The first-order valence-electron chi connectivity index (χ1n) is 5.70. The molecule has 0 unspecified atom stereocenters. The first-order chi connectivity index (χ1) is 7.60. The first-order valence-corrected chi connectivity index (χ1v) is 5.70. The topological polar surface area (TPSA) is 60.4 Å². The maximum absolute atomic E-state index is 11.3. The molecule has 0 aliphatic heterocycles. The van der Waals surface area contributed by atoms with Crippen molar-refractivity contribution in [2.45, 2.75) is 51.9 Å². The maximum atomic E-state index is 11.3. The van der Waals surface area contributed by atoms with Gasteiger partial charge in [-0.25, -0.2) is 0 Å². The van der Waals surface area contributed by atoms with Crippen LogP contribution in [0.5, 0.6) is 0 Å². The number of methoxy groups -OCH3 is 1. The number of hydrogen-bond acceptors (Lipinski definition) is 4. The minimum absolute atomic E-state index is 0.0247. The summed E-state index contributed by atoms with van der Waals surface area (Å²) in [4.78, 5) is 33.3. The molecule has 4 nitrogen and oxygen atoms in total. The predicted octanol–water partition coefficient (Wildman–Crippen LogP) is 2.05. The van der Waals surface area contributed by atoms with Gasteiger partial charge >= 0.3 is 5.97 Å². The number of unbranched alkanes of at least 4 members (excludes halogenated alkanes) is 2.